The standard InChI is InChI=1S/C22H29NO34S8/c1-2-47-23-12-8(13(24)19(23)25)4-3-5-9(12)22(11(7-49-60(29,30)31)51-21(58)17(56-64(41,42)43)18(22)57-65(44,45)46)52-20-16(55-63(38,39)40)15(54-62(35,36)37)14(53-61(32,33)34)10(50-20)6-48-59(26,27)28/h3-5,10-11,14-18,20-21,58H,2,6-7H2,1H3,(H,26,27,28)(H,29,30,31)(H,32,33,34)(H,35,36,37)(H,38,39,40)(H,41,42,43)(H,44,45,46)/t10-,11-,14-,15+,16-,17-,18-,20-,21+,22-/m1/s1. The molecule has 3 aliphatic heterocycles. The highest BCUT2D eigenvalue weighted by Gasteiger charge is 2.67. The molecule has 7 N–H and O–H groups in total. The van der Waals surface area contributed by atoms with E-state index in [0.717, 1.165) is 12.1 Å². The quantitative estimate of drug-likeness (QED) is 0.0326. The van der Waals surface area contributed by atoms with Gasteiger partial charge in [0.05, 0.1) is 31.1 Å². The van der Waals surface area contributed by atoms with Crippen LogP contribution in [0.2, 0.25) is 0 Å². The lowest BCUT2D eigenvalue weighted by atomic mass is 9.77. The number of carbonyl (C=O) groups excluding carboxylic acids is 2. The second kappa shape index (κ2) is 19.6. The van der Waals surface area contributed by atoms with E-state index in [-0.39, 0.29) is 5.06 Å². The van der Waals surface area contributed by atoms with Crippen LogP contribution in [-0.2, 0) is 132 Å². The average molecular weight is 1110 g/mol. The lowest BCUT2D eigenvalue weighted by molar-refractivity contribution is -0.362. The van der Waals surface area contributed by atoms with E-state index < -0.39 is 181 Å². The first-order valence-corrected chi connectivity index (χ1v) is 26.2. The fourth-order valence-corrected chi connectivity index (χ4v) is 9.83. The molecule has 0 bridgehead atoms. The molecule has 2 saturated heterocycles. The van der Waals surface area contributed by atoms with Gasteiger partial charge in [0, 0.05) is 5.56 Å². The number of para-hydroxylation sites is 1. The Morgan fingerprint density at radius 3 is 1.60 bits per heavy atom. The van der Waals surface area contributed by atoms with Crippen molar-refractivity contribution in [1.29, 1.82) is 0 Å². The fraction of sp³-hybridized carbons (Fsp3) is 0.636. The summed E-state index contributed by atoms with van der Waals surface area (Å²) in [5.74, 6) is -3.21. The second-order valence-electron chi connectivity index (χ2n) is 12.3. The Morgan fingerprint density at radius 1 is 0.631 bits per heavy atom. The number of anilines is 1. The van der Waals surface area contributed by atoms with Crippen LogP contribution in [0.1, 0.15) is 22.8 Å². The third-order valence-corrected chi connectivity index (χ3v) is 11.7. The Hall–Kier alpha value is -2.36. The van der Waals surface area contributed by atoms with Crippen molar-refractivity contribution in [3.63, 3.8) is 0 Å². The topological polar surface area (TPSA) is 520 Å². The van der Waals surface area contributed by atoms with Crippen molar-refractivity contribution in [2.24, 2.45) is 0 Å². The highest BCUT2D eigenvalue weighted by molar-refractivity contribution is 7.82. The number of benzene rings is 1. The molecule has 65 heavy (non-hydrogen) atoms. The molecule has 10 atom stereocenters. The Morgan fingerprint density at radius 2 is 1.11 bits per heavy atom. The van der Waals surface area contributed by atoms with Gasteiger partial charge in [0.2, 0.25) is 0 Å². The molecule has 1 amide bonds. The summed E-state index contributed by atoms with van der Waals surface area (Å²) < 4.78 is 285. The monoisotopic (exact) mass is 1110 g/mol. The van der Waals surface area contributed by atoms with Gasteiger partial charge in [-0.3, -0.25) is 46.3 Å². The number of ketones is 1. The summed E-state index contributed by atoms with van der Waals surface area (Å²) in [5.41, 5.74) is -9.67. The lowest BCUT2D eigenvalue weighted by Gasteiger charge is -2.54. The number of nitrogens with zero attached hydrogens (tertiary/aromatic N) is 1. The molecular formula is C22H29NO34S8. The number of carbonyl (C=O) groups is 2. The summed E-state index contributed by atoms with van der Waals surface area (Å²) in [6, 6.07) is 2.09. The highest BCUT2D eigenvalue weighted by atomic mass is 32.3. The number of hydroxylamine groups is 1. The number of hydrogen-bond donors (Lipinski definition) is 8. The van der Waals surface area contributed by atoms with Crippen LogP contribution < -0.4 is 5.06 Å². The van der Waals surface area contributed by atoms with Crippen LogP contribution in [0.3, 0.4) is 0 Å². The van der Waals surface area contributed by atoms with Crippen LogP contribution in [0.15, 0.2) is 18.2 Å². The molecule has 2 fully saturated rings. The number of ether oxygens (including phenoxy) is 3. The third-order valence-electron chi connectivity index (χ3n) is 8.13. The molecule has 3 heterocycles. The van der Waals surface area contributed by atoms with E-state index in [1.54, 1.807) is 0 Å². The number of thiol groups is 1. The normalized spacial score (nSPS) is 29.8. The molecule has 3 aliphatic rings. The van der Waals surface area contributed by atoms with Crippen molar-refractivity contribution < 1.29 is 149 Å². The van der Waals surface area contributed by atoms with E-state index in [2.05, 4.69) is 37.7 Å². The van der Waals surface area contributed by atoms with Gasteiger partial charge in [0.1, 0.15) is 42.1 Å². The Kier molecular flexibility index (Phi) is 16.6. The van der Waals surface area contributed by atoms with Gasteiger partial charge in [0.25, 0.3) is 5.78 Å². The molecule has 0 aromatic heterocycles. The van der Waals surface area contributed by atoms with Gasteiger partial charge in [-0.25, -0.2) is 29.3 Å². The zero-order valence-electron chi connectivity index (χ0n) is 31.0. The smallest absolute Gasteiger partial charge is 0.356 e. The van der Waals surface area contributed by atoms with Crippen LogP contribution in [0.4, 0.5) is 5.69 Å². The maximum Gasteiger partial charge on any atom is 0.397 e. The summed E-state index contributed by atoms with van der Waals surface area (Å²) in [7, 11) is -42.7. The first kappa shape index (κ1) is 55.2. The Labute approximate surface area is 371 Å². The van der Waals surface area contributed by atoms with Crippen molar-refractivity contribution in [3.8, 4) is 0 Å². The van der Waals surface area contributed by atoms with Gasteiger partial charge in [-0.15, -0.1) is 12.6 Å². The Balaban J connectivity index is 2.30. The SMILES string of the molecule is CCON1C(=O)C(=O)c2cccc([C@]3(O[C@H]4O[C@H](COS(=O)(=O)O)[C@@H](OS(=O)(=O)O)[C@H](OS(=O)(=O)O)[C@H]4OS(=O)(=O)O)[C@H](OS(=O)(=O)O)[C@@H](OS(=O)(=O)O)[C@H](S)O[C@@H]3COS(=O)(=O)O)c21. The number of Topliss-reactive ketones (excluding diaryl/α,β-unsaturated/α-hetero) is 1. The molecule has 1 aromatic rings. The minimum Gasteiger partial charge on any atom is -0.356 e. The Bertz CT molecular complexity index is 2800. The maximum absolute atomic E-state index is 13.3. The second-order valence-corrected chi connectivity index (χ2v) is 20.3. The average Bonchev–Trinajstić information content (AvgIpc) is 3.33. The van der Waals surface area contributed by atoms with Crippen molar-refractivity contribution in [1.82, 2.24) is 0 Å². The largest absolute Gasteiger partial charge is 0.397 e. The van der Waals surface area contributed by atoms with Crippen LogP contribution in [0.5, 0.6) is 0 Å². The van der Waals surface area contributed by atoms with E-state index >= 15 is 0 Å². The predicted molar refractivity (Wildman–Crippen MR) is 196 cm³/mol. The molecule has 0 radical (unpaired) electrons. The van der Waals surface area contributed by atoms with Crippen LogP contribution in [0.25, 0.3) is 0 Å². The molecular weight excluding hydrogens is 1080 g/mol. The lowest BCUT2D eigenvalue weighted by Crippen LogP contribution is -2.70. The zero-order chi connectivity index (χ0) is 49.7. The first-order valence-electron chi connectivity index (χ1n) is 16.1. The molecule has 0 aliphatic carbocycles. The summed E-state index contributed by atoms with van der Waals surface area (Å²) in [6.07, 6.45) is -26.0. The van der Waals surface area contributed by atoms with E-state index in [4.69, 9.17) is 23.2 Å². The minimum absolute atomic E-state index is 0.0611. The van der Waals surface area contributed by atoms with Gasteiger partial charge < -0.3 is 14.2 Å². The molecule has 4 rings (SSSR count). The van der Waals surface area contributed by atoms with Crippen molar-refractivity contribution in [3.05, 3.63) is 29.3 Å². The van der Waals surface area contributed by atoms with Gasteiger partial charge in [-0.05, 0) is 13.0 Å². The van der Waals surface area contributed by atoms with E-state index in [0.29, 0.717) is 6.07 Å². The molecule has 0 saturated carbocycles. The summed E-state index contributed by atoms with van der Waals surface area (Å²) in [6.45, 7) is -3.32. The summed E-state index contributed by atoms with van der Waals surface area (Å²) >= 11 is 3.85. The summed E-state index contributed by atoms with van der Waals surface area (Å²) in [4.78, 5) is 31.8. The van der Waals surface area contributed by atoms with Gasteiger partial charge >= 0.3 is 78.7 Å². The maximum atomic E-state index is 13.3. The minimum atomic E-state index is -6.31. The van der Waals surface area contributed by atoms with Crippen molar-refractivity contribution >= 4 is 103 Å². The third kappa shape index (κ3) is 14.6. The van der Waals surface area contributed by atoms with Crippen LogP contribution >= 0.6 is 12.6 Å². The van der Waals surface area contributed by atoms with E-state index in [1.807, 2.05) is 0 Å². The number of hydrogen-bond acceptors (Lipinski definition) is 28. The van der Waals surface area contributed by atoms with Gasteiger partial charge in [0.15, 0.2) is 18.0 Å². The fourth-order valence-electron chi connectivity index (χ4n) is 6.29. The van der Waals surface area contributed by atoms with Gasteiger partial charge in [-0.1, -0.05) is 12.1 Å². The zero-order valence-corrected chi connectivity index (χ0v) is 37.6. The first-order chi connectivity index (χ1) is 29.3. The molecule has 35 nitrogen and oxygen atoms in total. The molecule has 0 spiro atoms. The summed E-state index contributed by atoms with van der Waals surface area (Å²) in [5, 5.41) is 0.0611. The molecule has 1 aromatic carbocycles. The van der Waals surface area contributed by atoms with E-state index in [9.17, 15) is 100 Å². The highest BCUT2D eigenvalue weighted by Crippen LogP contribution is 2.52. The predicted octanol–water partition coefficient (Wildman–Crippen LogP) is -4.66. The number of rotatable bonds is 21. The molecule has 0 unspecified atom stereocenters. The molecule has 43 heteroatoms. The van der Waals surface area contributed by atoms with Crippen molar-refractivity contribution in [2.75, 3.05) is 24.9 Å². The van der Waals surface area contributed by atoms with Crippen molar-refractivity contribution in [2.45, 2.75) is 67.0 Å². The molecule has 374 valence electrons. The number of amides is 1. The van der Waals surface area contributed by atoms with Gasteiger partial charge in [-0.2, -0.15) is 64.0 Å². The van der Waals surface area contributed by atoms with E-state index in [1.165, 1.54) is 6.92 Å². The number of fused-ring (bicyclic) bond motifs is 1. The van der Waals surface area contributed by atoms with Crippen LogP contribution in [0, 0.1) is 0 Å². The van der Waals surface area contributed by atoms with Crippen LogP contribution in [-0.4, -0.2) is 177 Å².